The fourth-order valence-electron chi connectivity index (χ4n) is 10.5. The number of anilines is 5. The average molecular weight is 960 g/mol. The Balaban J connectivity index is 1.10. The third kappa shape index (κ3) is 9.47. The molecule has 0 spiro atoms. The molecule has 0 unspecified atom stereocenters. The van der Waals surface area contributed by atoms with Crippen LogP contribution >= 0.6 is 0 Å². The Morgan fingerprint density at radius 1 is 0.370 bits per heavy atom. The molecule has 7 aromatic carbocycles. The monoisotopic (exact) mass is 960 g/mol. The molecule has 370 valence electrons. The van der Waals surface area contributed by atoms with Crippen molar-refractivity contribution in [1.29, 1.82) is 0 Å². The fourth-order valence-corrected chi connectivity index (χ4v) is 10.5. The zero-order valence-electron chi connectivity index (χ0n) is 45.4. The second-order valence-electron chi connectivity index (χ2n) is 24.5. The van der Waals surface area contributed by atoms with Crippen LogP contribution in [0, 0.1) is 0 Å². The maximum atomic E-state index is 5.07. The molecule has 5 nitrogen and oxygen atoms in total. The predicted octanol–water partition coefficient (Wildman–Crippen LogP) is 17.9. The Morgan fingerprint density at radius 3 is 1.45 bits per heavy atom. The lowest BCUT2D eigenvalue weighted by Crippen LogP contribution is -2.28. The van der Waals surface area contributed by atoms with E-state index in [0.717, 1.165) is 39.6 Å². The van der Waals surface area contributed by atoms with Crippen LogP contribution < -0.4 is 14.7 Å². The van der Waals surface area contributed by atoms with E-state index in [1.54, 1.807) is 0 Å². The molecule has 0 aliphatic carbocycles. The van der Waals surface area contributed by atoms with Gasteiger partial charge >= 0.3 is 0 Å². The maximum absolute atomic E-state index is 5.07. The fraction of sp³-hybridized carbons (Fsp3) is 0.279. The van der Waals surface area contributed by atoms with Crippen LogP contribution in [-0.4, -0.2) is 16.2 Å². The third-order valence-corrected chi connectivity index (χ3v) is 15.5. The molecular formula is C68H73N5. The summed E-state index contributed by atoms with van der Waals surface area (Å²) in [4.78, 5) is 12.3. The van der Waals surface area contributed by atoms with Gasteiger partial charge in [0.05, 0.1) is 17.7 Å². The maximum Gasteiger partial charge on any atom is 0.137 e. The highest BCUT2D eigenvalue weighted by Crippen LogP contribution is 2.45. The second kappa shape index (κ2) is 18.3. The van der Waals surface area contributed by atoms with E-state index in [1.807, 2.05) is 6.20 Å². The Kier molecular flexibility index (Phi) is 12.3. The summed E-state index contributed by atoms with van der Waals surface area (Å²) in [5, 5.41) is 2.44. The molecule has 0 fully saturated rings. The van der Waals surface area contributed by atoms with E-state index in [2.05, 4.69) is 298 Å². The molecule has 1 aliphatic rings. The lowest BCUT2D eigenvalue weighted by molar-refractivity contribution is 0.588. The van der Waals surface area contributed by atoms with Gasteiger partial charge in [-0.15, -0.1) is 0 Å². The van der Waals surface area contributed by atoms with Crippen LogP contribution in [0.1, 0.15) is 129 Å². The first-order valence-electron chi connectivity index (χ1n) is 26.1. The molecule has 5 heteroatoms. The lowest BCUT2D eigenvalue weighted by atomic mass is 9.73. The summed E-state index contributed by atoms with van der Waals surface area (Å²) in [7, 11) is 0. The highest BCUT2D eigenvalue weighted by Gasteiger charge is 2.31. The van der Waals surface area contributed by atoms with E-state index >= 15 is 0 Å². The number of aromatic nitrogens is 2. The largest absolute Gasteiger partial charge is 0.328 e. The van der Waals surface area contributed by atoms with Gasteiger partial charge in [0.15, 0.2) is 0 Å². The number of hydrogen-bond acceptors (Lipinski definition) is 4. The van der Waals surface area contributed by atoms with Gasteiger partial charge in [0, 0.05) is 68.6 Å². The molecule has 9 aromatic rings. The second-order valence-corrected chi connectivity index (χ2v) is 24.5. The molecule has 0 N–H and O–H groups in total. The highest BCUT2D eigenvalue weighted by atomic mass is 15.3. The standard InChI is InChI=1S/C68H73N5/c1-64(2,3)49-29-32-61-60(42-49)59-31-30-55(45-62(59)73(61)63-43-50(33-34-69-63)65(4,5)6)72(54-27-21-16-22-28-54)58-39-51(66(7,8)9)38-57(44-58)71-36-35-70(46-71)56-40-52(67(10,11)47-23-17-14-18-24-47)37-53(41-56)68(12,13)48-25-19-15-20-26-48/h14-45H,46H2,1-13H3. The van der Waals surface area contributed by atoms with Crippen molar-refractivity contribution < 1.29 is 0 Å². The van der Waals surface area contributed by atoms with Crippen LogP contribution in [0.3, 0.4) is 0 Å². The highest BCUT2D eigenvalue weighted by molar-refractivity contribution is 6.10. The van der Waals surface area contributed by atoms with Gasteiger partial charge in [-0.2, -0.15) is 0 Å². The summed E-state index contributed by atoms with van der Waals surface area (Å²) in [5.41, 5.74) is 16.3. The molecule has 3 heterocycles. The van der Waals surface area contributed by atoms with Crippen molar-refractivity contribution in [1.82, 2.24) is 9.55 Å². The summed E-state index contributed by atoms with van der Waals surface area (Å²) in [5.74, 6) is 0.923. The van der Waals surface area contributed by atoms with Gasteiger partial charge in [0.25, 0.3) is 0 Å². The number of para-hydroxylation sites is 1. The molecule has 73 heavy (non-hydrogen) atoms. The minimum Gasteiger partial charge on any atom is -0.328 e. The van der Waals surface area contributed by atoms with Crippen molar-refractivity contribution in [3.63, 3.8) is 0 Å². The van der Waals surface area contributed by atoms with Gasteiger partial charge in [-0.3, -0.25) is 4.57 Å². The minimum atomic E-state index is -0.224. The predicted molar refractivity (Wildman–Crippen MR) is 312 cm³/mol. The Labute approximate surface area is 435 Å². The van der Waals surface area contributed by atoms with E-state index in [0.29, 0.717) is 6.67 Å². The normalized spacial score (nSPS) is 13.7. The number of rotatable bonds is 10. The number of fused-ring (bicyclic) bond motifs is 3. The quantitative estimate of drug-likeness (QED) is 0.137. The topological polar surface area (TPSA) is 27.5 Å². The van der Waals surface area contributed by atoms with E-state index in [4.69, 9.17) is 4.98 Å². The van der Waals surface area contributed by atoms with Crippen LogP contribution in [0.25, 0.3) is 27.6 Å². The number of pyridine rings is 1. The Bertz CT molecular complexity index is 3420. The smallest absolute Gasteiger partial charge is 0.137 e. The van der Waals surface area contributed by atoms with E-state index < -0.39 is 0 Å². The first-order chi connectivity index (χ1) is 34.6. The molecule has 0 bridgehead atoms. The summed E-state index contributed by atoms with van der Waals surface area (Å²) in [6.45, 7) is 30.7. The van der Waals surface area contributed by atoms with Gasteiger partial charge in [-0.1, -0.05) is 187 Å². The van der Waals surface area contributed by atoms with Crippen molar-refractivity contribution in [2.24, 2.45) is 0 Å². The summed E-state index contributed by atoms with van der Waals surface area (Å²) < 4.78 is 2.38. The van der Waals surface area contributed by atoms with Gasteiger partial charge in [0.1, 0.15) is 5.82 Å². The minimum absolute atomic E-state index is 0.0000500. The van der Waals surface area contributed by atoms with Crippen molar-refractivity contribution in [2.45, 2.75) is 117 Å². The zero-order chi connectivity index (χ0) is 51.7. The molecule has 0 atom stereocenters. The first-order valence-corrected chi connectivity index (χ1v) is 26.1. The Hall–Kier alpha value is -7.37. The van der Waals surface area contributed by atoms with Crippen molar-refractivity contribution in [3.8, 4) is 5.82 Å². The average Bonchev–Trinajstić information content (AvgIpc) is 4.00. The van der Waals surface area contributed by atoms with Crippen LogP contribution in [-0.2, 0) is 27.1 Å². The van der Waals surface area contributed by atoms with Crippen LogP contribution in [0.15, 0.2) is 195 Å². The molecule has 0 saturated heterocycles. The van der Waals surface area contributed by atoms with E-state index in [-0.39, 0.29) is 27.1 Å². The van der Waals surface area contributed by atoms with Gasteiger partial charge in [-0.05, 0) is 134 Å². The van der Waals surface area contributed by atoms with Crippen LogP contribution in [0.5, 0.6) is 0 Å². The Morgan fingerprint density at radius 2 is 0.890 bits per heavy atom. The molecular weight excluding hydrogens is 887 g/mol. The van der Waals surface area contributed by atoms with Crippen molar-refractivity contribution in [2.75, 3.05) is 21.4 Å². The van der Waals surface area contributed by atoms with Gasteiger partial charge < -0.3 is 14.7 Å². The van der Waals surface area contributed by atoms with E-state index in [9.17, 15) is 0 Å². The summed E-state index contributed by atoms with van der Waals surface area (Å²) in [6, 6.07) is 65.5. The zero-order valence-corrected chi connectivity index (χ0v) is 45.4. The first kappa shape index (κ1) is 49.2. The molecule has 0 amide bonds. The number of nitrogens with zero attached hydrogens (tertiary/aromatic N) is 5. The molecule has 10 rings (SSSR count). The van der Waals surface area contributed by atoms with Crippen LogP contribution in [0.2, 0.25) is 0 Å². The molecule has 2 aromatic heterocycles. The summed E-state index contributed by atoms with van der Waals surface area (Å²) in [6.07, 6.45) is 6.48. The SMILES string of the molecule is CC(C)(C)c1cc(N2C=CN(c3cc(C(C)(C)c4ccccc4)cc(C(C)(C)c4ccccc4)c3)C2)cc(N(c2ccccc2)c2ccc3c4cc(C(C)(C)C)ccc4n(-c4cc(C(C)(C)C)ccn4)c3c2)c1. The number of hydrogen-bond donors (Lipinski definition) is 0. The lowest BCUT2D eigenvalue weighted by Gasteiger charge is -2.33. The van der Waals surface area contributed by atoms with E-state index in [1.165, 1.54) is 55.4 Å². The van der Waals surface area contributed by atoms with Gasteiger partial charge in [-0.25, -0.2) is 4.98 Å². The summed E-state index contributed by atoms with van der Waals surface area (Å²) >= 11 is 0. The van der Waals surface area contributed by atoms with Crippen LogP contribution in [0.4, 0.5) is 28.4 Å². The third-order valence-electron chi connectivity index (χ3n) is 15.5. The molecule has 1 aliphatic heterocycles. The van der Waals surface area contributed by atoms with Crippen molar-refractivity contribution >= 4 is 50.2 Å². The molecule has 0 radical (unpaired) electrons. The molecule has 0 saturated carbocycles. The number of benzene rings is 7. The van der Waals surface area contributed by atoms with Crippen molar-refractivity contribution in [3.05, 3.63) is 233 Å². The van der Waals surface area contributed by atoms with Gasteiger partial charge in [0.2, 0.25) is 0 Å².